The smallest absolute Gasteiger partial charge is 0.272 e. The van der Waals surface area contributed by atoms with Crippen molar-refractivity contribution in [1.29, 1.82) is 0 Å². The zero-order chi connectivity index (χ0) is 14.7. The van der Waals surface area contributed by atoms with Crippen molar-refractivity contribution in [2.24, 2.45) is 0 Å². The van der Waals surface area contributed by atoms with Crippen LogP contribution in [-0.4, -0.2) is 9.91 Å². The van der Waals surface area contributed by atoms with E-state index >= 15 is 0 Å². The SMILES string of the molecule is Cc1cc([N+](=O)[O-])c(C)cc1OCc1cccnc1N. The molecule has 0 aliphatic heterocycles. The standard InChI is InChI=1S/C14H15N3O3/c1-9-7-13(10(2)6-12(9)17(18)19)20-8-11-4-3-5-16-14(11)15/h3-7H,8H2,1-2H3,(H2,15,16). The summed E-state index contributed by atoms with van der Waals surface area (Å²) in [6.45, 7) is 3.73. The molecule has 0 atom stereocenters. The lowest BCUT2D eigenvalue weighted by atomic mass is 10.1. The van der Waals surface area contributed by atoms with Gasteiger partial charge in [0.1, 0.15) is 18.2 Å². The first-order chi connectivity index (χ1) is 9.49. The lowest BCUT2D eigenvalue weighted by Crippen LogP contribution is -2.03. The van der Waals surface area contributed by atoms with Crippen molar-refractivity contribution < 1.29 is 9.66 Å². The van der Waals surface area contributed by atoms with Gasteiger partial charge in [-0.25, -0.2) is 4.98 Å². The molecule has 0 aliphatic carbocycles. The van der Waals surface area contributed by atoms with E-state index < -0.39 is 4.92 Å². The van der Waals surface area contributed by atoms with Gasteiger partial charge in [0, 0.05) is 23.4 Å². The van der Waals surface area contributed by atoms with Gasteiger partial charge >= 0.3 is 0 Å². The van der Waals surface area contributed by atoms with Gasteiger partial charge in [0.25, 0.3) is 5.69 Å². The molecule has 2 aromatic rings. The molecule has 0 radical (unpaired) electrons. The number of ether oxygens (including phenoxy) is 1. The number of nitrogen functional groups attached to an aromatic ring is 1. The third-order valence-electron chi connectivity index (χ3n) is 3.00. The summed E-state index contributed by atoms with van der Waals surface area (Å²) in [5.74, 6) is 1.03. The number of pyridine rings is 1. The summed E-state index contributed by atoms with van der Waals surface area (Å²) in [6.07, 6.45) is 1.61. The highest BCUT2D eigenvalue weighted by Crippen LogP contribution is 2.28. The van der Waals surface area contributed by atoms with Crippen molar-refractivity contribution in [2.45, 2.75) is 20.5 Å². The summed E-state index contributed by atoms with van der Waals surface area (Å²) in [5.41, 5.74) is 7.89. The second-order valence-corrected chi connectivity index (χ2v) is 4.50. The number of hydrogen-bond donors (Lipinski definition) is 1. The van der Waals surface area contributed by atoms with Crippen LogP contribution in [-0.2, 0) is 6.61 Å². The van der Waals surface area contributed by atoms with Crippen LogP contribution in [0.25, 0.3) is 0 Å². The second kappa shape index (κ2) is 5.56. The average molecular weight is 273 g/mol. The molecule has 0 fully saturated rings. The first kappa shape index (κ1) is 13.8. The normalized spacial score (nSPS) is 10.3. The molecule has 6 heteroatoms. The Bertz CT molecular complexity index is 656. The van der Waals surface area contributed by atoms with Crippen molar-refractivity contribution in [3.05, 3.63) is 57.3 Å². The molecule has 0 saturated heterocycles. The Balaban J connectivity index is 2.21. The van der Waals surface area contributed by atoms with Crippen LogP contribution >= 0.6 is 0 Å². The van der Waals surface area contributed by atoms with Crippen LogP contribution in [0.15, 0.2) is 30.5 Å². The number of hydrogen-bond acceptors (Lipinski definition) is 5. The van der Waals surface area contributed by atoms with E-state index in [1.165, 1.54) is 6.07 Å². The number of nitrogens with two attached hydrogens (primary N) is 1. The van der Waals surface area contributed by atoms with Crippen LogP contribution in [0.3, 0.4) is 0 Å². The molecule has 0 unspecified atom stereocenters. The summed E-state index contributed by atoms with van der Waals surface area (Å²) < 4.78 is 5.68. The molecule has 0 aliphatic rings. The molecule has 0 saturated carbocycles. The minimum atomic E-state index is -0.398. The van der Waals surface area contributed by atoms with E-state index in [9.17, 15) is 10.1 Å². The quantitative estimate of drug-likeness (QED) is 0.683. The third kappa shape index (κ3) is 2.85. The summed E-state index contributed by atoms with van der Waals surface area (Å²) in [4.78, 5) is 14.4. The van der Waals surface area contributed by atoms with Crippen LogP contribution in [0.1, 0.15) is 16.7 Å². The Labute approximate surface area is 116 Å². The number of anilines is 1. The third-order valence-corrected chi connectivity index (χ3v) is 3.00. The van der Waals surface area contributed by atoms with Crippen LogP contribution in [0.4, 0.5) is 11.5 Å². The van der Waals surface area contributed by atoms with E-state index in [0.29, 0.717) is 22.7 Å². The summed E-state index contributed by atoms with van der Waals surface area (Å²) >= 11 is 0. The van der Waals surface area contributed by atoms with E-state index in [4.69, 9.17) is 10.5 Å². The predicted octanol–water partition coefficient (Wildman–Crippen LogP) is 2.77. The number of nitrogens with zero attached hydrogens (tertiary/aromatic N) is 2. The Kier molecular flexibility index (Phi) is 3.84. The van der Waals surface area contributed by atoms with Gasteiger partial charge in [0.05, 0.1) is 4.92 Å². The molecule has 20 heavy (non-hydrogen) atoms. The first-order valence-electron chi connectivity index (χ1n) is 6.07. The fourth-order valence-corrected chi connectivity index (χ4v) is 1.86. The molecular weight excluding hydrogens is 258 g/mol. The van der Waals surface area contributed by atoms with Crippen LogP contribution in [0.2, 0.25) is 0 Å². The minimum Gasteiger partial charge on any atom is -0.488 e. The van der Waals surface area contributed by atoms with Gasteiger partial charge in [0.15, 0.2) is 0 Å². The lowest BCUT2D eigenvalue weighted by Gasteiger charge is -2.11. The molecule has 2 N–H and O–H groups in total. The minimum absolute atomic E-state index is 0.0933. The fourth-order valence-electron chi connectivity index (χ4n) is 1.86. The Morgan fingerprint density at radius 2 is 2.10 bits per heavy atom. The van der Waals surface area contributed by atoms with Crippen molar-refractivity contribution in [2.75, 3.05) is 5.73 Å². The predicted molar refractivity (Wildman–Crippen MR) is 75.6 cm³/mol. The highest BCUT2D eigenvalue weighted by atomic mass is 16.6. The van der Waals surface area contributed by atoms with Crippen LogP contribution < -0.4 is 10.5 Å². The number of benzene rings is 1. The first-order valence-corrected chi connectivity index (χ1v) is 6.07. The molecule has 2 rings (SSSR count). The Morgan fingerprint density at radius 3 is 2.75 bits per heavy atom. The molecule has 0 spiro atoms. The van der Waals surface area contributed by atoms with Gasteiger partial charge in [-0.3, -0.25) is 10.1 Å². The van der Waals surface area contributed by atoms with Crippen LogP contribution in [0, 0.1) is 24.0 Å². The Hall–Kier alpha value is -2.63. The number of aryl methyl sites for hydroxylation is 2. The van der Waals surface area contributed by atoms with Gasteiger partial charge in [-0.1, -0.05) is 6.07 Å². The Morgan fingerprint density at radius 1 is 1.35 bits per heavy atom. The number of nitro benzene ring substituents is 1. The average Bonchev–Trinajstić information content (AvgIpc) is 2.40. The lowest BCUT2D eigenvalue weighted by molar-refractivity contribution is -0.385. The zero-order valence-corrected chi connectivity index (χ0v) is 11.3. The molecule has 104 valence electrons. The largest absolute Gasteiger partial charge is 0.488 e. The van der Waals surface area contributed by atoms with Gasteiger partial charge in [0.2, 0.25) is 0 Å². The van der Waals surface area contributed by atoms with Crippen molar-refractivity contribution >= 4 is 11.5 Å². The number of nitro groups is 1. The molecule has 1 aromatic heterocycles. The summed E-state index contributed by atoms with van der Waals surface area (Å²) in [6, 6.07) is 6.79. The molecular formula is C14H15N3O3. The second-order valence-electron chi connectivity index (χ2n) is 4.50. The van der Waals surface area contributed by atoms with Gasteiger partial charge in [-0.05, 0) is 31.5 Å². The monoisotopic (exact) mass is 273 g/mol. The highest BCUT2D eigenvalue weighted by Gasteiger charge is 2.14. The zero-order valence-electron chi connectivity index (χ0n) is 11.3. The van der Waals surface area contributed by atoms with E-state index in [0.717, 1.165) is 5.56 Å². The van der Waals surface area contributed by atoms with Gasteiger partial charge < -0.3 is 10.5 Å². The van der Waals surface area contributed by atoms with Crippen molar-refractivity contribution in [1.82, 2.24) is 4.98 Å². The fraction of sp³-hybridized carbons (Fsp3) is 0.214. The maximum absolute atomic E-state index is 10.8. The topological polar surface area (TPSA) is 91.3 Å². The molecule has 6 nitrogen and oxygen atoms in total. The van der Waals surface area contributed by atoms with Crippen molar-refractivity contribution in [3.63, 3.8) is 0 Å². The maximum Gasteiger partial charge on any atom is 0.272 e. The van der Waals surface area contributed by atoms with Crippen molar-refractivity contribution in [3.8, 4) is 5.75 Å². The molecule has 0 bridgehead atoms. The number of aromatic nitrogens is 1. The summed E-state index contributed by atoms with van der Waals surface area (Å²) in [5, 5.41) is 10.8. The molecule has 1 aromatic carbocycles. The van der Waals surface area contributed by atoms with Gasteiger partial charge in [-0.15, -0.1) is 0 Å². The van der Waals surface area contributed by atoms with E-state index in [1.54, 1.807) is 32.2 Å². The highest BCUT2D eigenvalue weighted by molar-refractivity contribution is 5.49. The van der Waals surface area contributed by atoms with E-state index in [-0.39, 0.29) is 12.3 Å². The molecule has 0 amide bonds. The van der Waals surface area contributed by atoms with E-state index in [2.05, 4.69) is 4.98 Å². The summed E-state index contributed by atoms with van der Waals surface area (Å²) in [7, 11) is 0. The maximum atomic E-state index is 10.8. The number of rotatable bonds is 4. The van der Waals surface area contributed by atoms with E-state index in [1.807, 2.05) is 6.07 Å². The molecule has 1 heterocycles. The van der Waals surface area contributed by atoms with Crippen LogP contribution in [0.5, 0.6) is 5.75 Å². The van der Waals surface area contributed by atoms with Gasteiger partial charge in [-0.2, -0.15) is 0 Å².